The van der Waals surface area contributed by atoms with Crippen LogP contribution in [0, 0.1) is 12.3 Å². The summed E-state index contributed by atoms with van der Waals surface area (Å²) in [5.41, 5.74) is 1.33. The molecule has 0 aromatic heterocycles. The highest BCUT2D eigenvalue weighted by Gasteiger charge is 2.32. The van der Waals surface area contributed by atoms with Crippen molar-refractivity contribution in [3.8, 4) is 23.0 Å². The maximum atomic E-state index is 12.9. The van der Waals surface area contributed by atoms with Crippen molar-refractivity contribution in [2.45, 2.75) is 46.8 Å². The van der Waals surface area contributed by atoms with Crippen molar-refractivity contribution in [3.63, 3.8) is 0 Å². The molecule has 0 aliphatic carbocycles. The van der Waals surface area contributed by atoms with E-state index in [0.717, 1.165) is 0 Å². The summed E-state index contributed by atoms with van der Waals surface area (Å²) in [7, 11) is 1.41. The molecule has 162 valence electrons. The van der Waals surface area contributed by atoms with E-state index < -0.39 is 12.1 Å². The highest BCUT2D eigenvalue weighted by atomic mass is 79.9. The summed E-state index contributed by atoms with van der Waals surface area (Å²) >= 11 is 9.72. The van der Waals surface area contributed by atoms with Crippen LogP contribution < -0.4 is 9.47 Å². The number of benzene rings is 2. The van der Waals surface area contributed by atoms with Gasteiger partial charge in [-0.1, -0.05) is 32.4 Å². The molecule has 0 bridgehead atoms. The number of phenolic OH excluding ortho intramolecular Hbond substituents is 1. The Hall–Kier alpha value is -1.96. The number of aliphatic hydroxyl groups excluding tert-OH is 1. The van der Waals surface area contributed by atoms with E-state index in [1.165, 1.54) is 7.11 Å². The Morgan fingerprint density at radius 1 is 1.33 bits per heavy atom. The second-order valence-corrected chi connectivity index (χ2v) is 9.60. The van der Waals surface area contributed by atoms with E-state index in [4.69, 9.17) is 25.8 Å². The van der Waals surface area contributed by atoms with Crippen molar-refractivity contribution in [2.24, 2.45) is 5.41 Å². The molecule has 0 saturated heterocycles. The van der Waals surface area contributed by atoms with Gasteiger partial charge in [0.25, 0.3) is 0 Å². The van der Waals surface area contributed by atoms with Crippen LogP contribution in [0.5, 0.6) is 23.0 Å². The first-order valence-corrected chi connectivity index (χ1v) is 10.6. The second kappa shape index (κ2) is 8.29. The number of carbonyl (C=O) groups excluding carboxylic acids is 1. The largest absolute Gasteiger partial charge is 0.503 e. The third kappa shape index (κ3) is 4.11. The minimum absolute atomic E-state index is 0.0424. The van der Waals surface area contributed by atoms with Gasteiger partial charge in [0.2, 0.25) is 0 Å². The lowest BCUT2D eigenvalue weighted by atomic mass is 9.86. The quantitative estimate of drug-likeness (QED) is 0.500. The van der Waals surface area contributed by atoms with Gasteiger partial charge in [0.1, 0.15) is 23.7 Å². The van der Waals surface area contributed by atoms with Gasteiger partial charge in [-0.15, -0.1) is 0 Å². The van der Waals surface area contributed by atoms with Crippen LogP contribution in [0.2, 0.25) is 5.02 Å². The van der Waals surface area contributed by atoms with Crippen LogP contribution >= 0.6 is 27.5 Å². The number of methoxy groups -OCH3 is 1. The van der Waals surface area contributed by atoms with E-state index in [1.54, 1.807) is 19.1 Å². The van der Waals surface area contributed by atoms with Gasteiger partial charge in [-0.05, 0) is 52.4 Å². The SMILES string of the molecule is COc1c([C@@H](O)CC(C)(C)C)ccc2c1C(=O)OCc1c(Cl)c(C)c(Br)c(O)c1O2. The summed E-state index contributed by atoms with van der Waals surface area (Å²) in [6.45, 7) is 7.57. The smallest absolute Gasteiger partial charge is 0.346 e. The van der Waals surface area contributed by atoms with Gasteiger partial charge in [0.05, 0.1) is 28.3 Å². The molecule has 2 aromatic rings. The molecule has 8 heteroatoms. The van der Waals surface area contributed by atoms with Crippen molar-refractivity contribution in [1.82, 2.24) is 0 Å². The Kier molecular flexibility index (Phi) is 6.28. The van der Waals surface area contributed by atoms with E-state index >= 15 is 0 Å². The van der Waals surface area contributed by atoms with Crippen LogP contribution in [0.25, 0.3) is 0 Å². The highest BCUT2D eigenvalue weighted by Crippen LogP contribution is 2.49. The van der Waals surface area contributed by atoms with Gasteiger partial charge in [-0.3, -0.25) is 0 Å². The minimum atomic E-state index is -0.851. The van der Waals surface area contributed by atoms with E-state index in [9.17, 15) is 15.0 Å². The maximum Gasteiger partial charge on any atom is 0.346 e. The number of esters is 1. The molecule has 1 aliphatic heterocycles. The van der Waals surface area contributed by atoms with Crippen LogP contribution in [0.1, 0.15) is 60.3 Å². The molecule has 0 unspecified atom stereocenters. The average Bonchev–Trinajstić information content (AvgIpc) is 2.66. The number of phenols is 1. The summed E-state index contributed by atoms with van der Waals surface area (Å²) < 4.78 is 17.3. The minimum Gasteiger partial charge on any atom is -0.503 e. The molecule has 0 spiro atoms. The molecule has 2 N–H and O–H groups in total. The first kappa shape index (κ1) is 22.7. The van der Waals surface area contributed by atoms with E-state index in [0.29, 0.717) is 32.6 Å². The number of fused-ring (bicyclic) bond motifs is 2. The monoisotopic (exact) mass is 498 g/mol. The number of rotatable bonds is 3. The topological polar surface area (TPSA) is 85.2 Å². The normalized spacial score (nSPS) is 14.6. The summed E-state index contributed by atoms with van der Waals surface area (Å²) in [5, 5.41) is 21.7. The van der Waals surface area contributed by atoms with Gasteiger partial charge < -0.3 is 24.4 Å². The fourth-order valence-corrected chi connectivity index (χ4v) is 4.16. The summed E-state index contributed by atoms with van der Waals surface area (Å²) in [6, 6.07) is 3.20. The Bertz CT molecular complexity index is 1010. The lowest BCUT2D eigenvalue weighted by Crippen LogP contribution is -2.17. The van der Waals surface area contributed by atoms with Crippen LogP contribution in [0.4, 0.5) is 0 Å². The average molecular weight is 500 g/mol. The first-order chi connectivity index (χ1) is 14.0. The Labute approximate surface area is 188 Å². The predicted octanol–water partition coefficient (Wildman–Crippen LogP) is 6.06. The molecule has 6 nitrogen and oxygen atoms in total. The van der Waals surface area contributed by atoms with Crippen LogP contribution in [0.3, 0.4) is 0 Å². The highest BCUT2D eigenvalue weighted by molar-refractivity contribution is 9.10. The summed E-state index contributed by atoms with van der Waals surface area (Å²) in [6.07, 6.45) is -0.390. The third-order valence-electron chi connectivity index (χ3n) is 4.90. The fourth-order valence-electron chi connectivity index (χ4n) is 3.43. The molecule has 0 fully saturated rings. The lowest BCUT2D eigenvalue weighted by molar-refractivity contribution is 0.0453. The number of cyclic esters (lactones) is 1. The Morgan fingerprint density at radius 2 is 2.00 bits per heavy atom. The van der Waals surface area contributed by atoms with Crippen molar-refractivity contribution in [2.75, 3.05) is 7.11 Å². The second-order valence-electron chi connectivity index (χ2n) is 8.43. The fraction of sp³-hybridized carbons (Fsp3) is 0.409. The first-order valence-electron chi connectivity index (χ1n) is 9.39. The van der Waals surface area contributed by atoms with Crippen molar-refractivity contribution >= 4 is 33.5 Å². The van der Waals surface area contributed by atoms with E-state index in [2.05, 4.69) is 15.9 Å². The lowest BCUT2D eigenvalue weighted by Gasteiger charge is -2.26. The standard InChI is InChI=1S/C22H24BrClO6/c1-10-16(23)18(26)20-12(17(10)24)9-29-21(27)15-14(30-20)7-6-11(19(15)28-5)13(25)8-22(2,3)4/h6-7,13,25-26H,8-9H2,1-5H3/t13-/m0/s1. The number of ether oxygens (including phenoxy) is 3. The third-order valence-corrected chi connectivity index (χ3v) is 6.38. The number of aliphatic hydroxyl groups is 1. The number of aromatic hydroxyl groups is 1. The zero-order valence-corrected chi connectivity index (χ0v) is 19.8. The number of carbonyl (C=O) groups is 1. The molecule has 30 heavy (non-hydrogen) atoms. The number of hydrogen-bond donors (Lipinski definition) is 2. The Morgan fingerprint density at radius 3 is 2.60 bits per heavy atom. The molecule has 0 saturated carbocycles. The number of halogens is 2. The molecule has 1 heterocycles. The molecular formula is C22H24BrClO6. The maximum absolute atomic E-state index is 12.9. The zero-order valence-electron chi connectivity index (χ0n) is 17.4. The zero-order chi connectivity index (χ0) is 22.4. The van der Waals surface area contributed by atoms with Crippen molar-refractivity contribution in [1.29, 1.82) is 0 Å². The Balaban J connectivity index is 2.18. The molecular weight excluding hydrogens is 476 g/mol. The van der Waals surface area contributed by atoms with Gasteiger partial charge in [0, 0.05) is 5.56 Å². The summed E-state index contributed by atoms with van der Waals surface area (Å²) in [5.74, 6) is -0.419. The van der Waals surface area contributed by atoms with Crippen molar-refractivity contribution in [3.05, 3.63) is 43.9 Å². The molecule has 2 aromatic carbocycles. The molecule has 1 aliphatic rings. The summed E-state index contributed by atoms with van der Waals surface area (Å²) in [4.78, 5) is 12.9. The predicted molar refractivity (Wildman–Crippen MR) is 117 cm³/mol. The van der Waals surface area contributed by atoms with Gasteiger partial charge in [0.15, 0.2) is 11.5 Å². The van der Waals surface area contributed by atoms with E-state index in [-0.39, 0.29) is 40.6 Å². The van der Waals surface area contributed by atoms with Gasteiger partial charge in [-0.2, -0.15) is 0 Å². The van der Waals surface area contributed by atoms with Crippen molar-refractivity contribution < 1.29 is 29.2 Å². The van der Waals surface area contributed by atoms with Crippen LogP contribution in [-0.4, -0.2) is 23.3 Å². The molecule has 3 rings (SSSR count). The van der Waals surface area contributed by atoms with Crippen LogP contribution in [-0.2, 0) is 11.3 Å². The van der Waals surface area contributed by atoms with E-state index in [1.807, 2.05) is 20.8 Å². The van der Waals surface area contributed by atoms with Gasteiger partial charge >= 0.3 is 5.97 Å². The molecule has 0 amide bonds. The van der Waals surface area contributed by atoms with Gasteiger partial charge in [-0.25, -0.2) is 4.79 Å². The van der Waals surface area contributed by atoms with Crippen LogP contribution in [0.15, 0.2) is 16.6 Å². The molecule has 0 radical (unpaired) electrons. The number of hydrogen-bond acceptors (Lipinski definition) is 6. The molecule has 1 atom stereocenters.